The molecule has 0 unspecified atom stereocenters. The van der Waals surface area contributed by atoms with E-state index in [1.54, 1.807) is 30.9 Å². The third-order valence-corrected chi connectivity index (χ3v) is 7.01. The Kier molecular flexibility index (Phi) is 4.55. The summed E-state index contributed by atoms with van der Waals surface area (Å²) >= 11 is 0. The smallest absolute Gasteiger partial charge is 0.312 e. The number of nitrogens with zero attached hydrogens (tertiary/aromatic N) is 1. The highest BCUT2D eigenvalue weighted by atomic mass is 16.5. The quantitative estimate of drug-likeness (QED) is 0.733. The van der Waals surface area contributed by atoms with Crippen LogP contribution in [0, 0.1) is 25.7 Å². The highest BCUT2D eigenvalue weighted by Gasteiger charge is 2.67. The van der Waals surface area contributed by atoms with E-state index in [9.17, 15) is 14.4 Å². The normalized spacial score (nSPS) is 27.9. The molecule has 2 aromatic carbocycles. The Bertz CT molecular complexity index is 1160. The van der Waals surface area contributed by atoms with Crippen LogP contribution in [-0.2, 0) is 14.3 Å². The fourth-order valence-corrected chi connectivity index (χ4v) is 5.55. The molecule has 0 spiro atoms. The average molecular weight is 434 g/mol. The van der Waals surface area contributed by atoms with E-state index in [1.165, 1.54) is 0 Å². The lowest BCUT2D eigenvalue weighted by Gasteiger charge is -2.38. The fourth-order valence-electron chi connectivity index (χ4n) is 5.55. The Morgan fingerprint density at radius 3 is 2.66 bits per heavy atom. The molecule has 166 valence electrons. The number of ether oxygens (including phenoxy) is 2. The molecule has 0 bridgehead atoms. The van der Waals surface area contributed by atoms with E-state index in [2.05, 4.69) is 5.32 Å². The topological polar surface area (TPSA) is 84.9 Å². The van der Waals surface area contributed by atoms with E-state index in [-0.39, 0.29) is 19.1 Å². The van der Waals surface area contributed by atoms with Crippen LogP contribution in [0.2, 0.25) is 0 Å². The van der Waals surface area contributed by atoms with Crippen LogP contribution in [0.4, 0.5) is 5.69 Å². The third-order valence-electron chi connectivity index (χ3n) is 7.01. The summed E-state index contributed by atoms with van der Waals surface area (Å²) in [7, 11) is 0. The molecule has 7 heteroatoms. The Balaban J connectivity index is 1.77. The van der Waals surface area contributed by atoms with Crippen LogP contribution >= 0.6 is 0 Å². The first kappa shape index (κ1) is 20.5. The Labute approximate surface area is 186 Å². The van der Waals surface area contributed by atoms with Gasteiger partial charge in [0, 0.05) is 11.5 Å². The summed E-state index contributed by atoms with van der Waals surface area (Å²) in [5.41, 5.74) is 2.19. The number of nitrogens with one attached hydrogen (secondary N) is 1. The van der Waals surface area contributed by atoms with E-state index >= 15 is 0 Å². The summed E-state index contributed by atoms with van der Waals surface area (Å²) in [4.78, 5) is 42.6. The molecule has 0 saturated carbocycles. The van der Waals surface area contributed by atoms with Gasteiger partial charge in [-0.15, -0.1) is 0 Å². The van der Waals surface area contributed by atoms with Crippen molar-refractivity contribution in [1.29, 1.82) is 0 Å². The molecule has 4 atom stereocenters. The highest BCUT2D eigenvalue weighted by molar-refractivity contribution is 6.13. The van der Waals surface area contributed by atoms with E-state index < -0.39 is 35.3 Å². The van der Waals surface area contributed by atoms with Crippen LogP contribution in [0.3, 0.4) is 0 Å². The highest BCUT2D eigenvalue weighted by Crippen LogP contribution is 2.56. The minimum atomic E-state index is -1.43. The van der Waals surface area contributed by atoms with E-state index in [0.717, 1.165) is 16.7 Å². The monoisotopic (exact) mass is 434 g/mol. The van der Waals surface area contributed by atoms with Crippen molar-refractivity contribution in [3.8, 4) is 5.75 Å². The van der Waals surface area contributed by atoms with Crippen LogP contribution in [0.1, 0.15) is 46.9 Å². The van der Waals surface area contributed by atoms with Gasteiger partial charge in [-0.1, -0.05) is 29.3 Å². The van der Waals surface area contributed by atoms with Crippen molar-refractivity contribution >= 4 is 23.5 Å². The van der Waals surface area contributed by atoms with Gasteiger partial charge in [-0.3, -0.25) is 14.4 Å². The molecule has 32 heavy (non-hydrogen) atoms. The molecule has 5 rings (SSSR count). The van der Waals surface area contributed by atoms with Crippen molar-refractivity contribution in [2.75, 3.05) is 18.5 Å². The lowest BCUT2D eigenvalue weighted by atomic mass is 9.77. The first-order valence-corrected chi connectivity index (χ1v) is 10.9. The molecule has 3 aliphatic rings. The number of carbonyl (C=O) groups is 3. The van der Waals surface area contributed by atoms with Crippen LogP contribution in [0.15, 0.2) is 36.4 Å². The summed E-state index contributed by atoms with van der Waals surface area (Å²) in [5.74, 6) is -1.76. The summed E-state index contributed by atoms with van der Waals surface area (Å²) < 4.78 is 11.4. The second-order valence-corrected chi connectivity index (χ2v) is 9.02. The SMILES string of the molecule is CCOC(=O)[C@H]1[C@H]2COc3ccc(C)cc3[C@@H]2N2C(=O)c3cc(C)ccc3NC(=O)[C@@]12C. The Hall–Kier alpha value is -3.35. The number of benzene rings is 2. The van der Waals surface area contributed by atoms with Gasteiger partial charge in [-0.25, -0.2) is 0 Å². The third kappa shape index (κ3) is 2.70. The molecule has 2 amide bonds. The number of anilines is 1. The molecule has 1 N–H and O–H groups in total. The maximum absolute atomic E-state index is 14.0. The zero-order valence-electron chi connectivity index (χ0n) is 18.6. The van der Waals surface area contributed by atoms with Crippen molar-refractivity contribution in [3.63, 3.8) is 0 Å². The summed E-state index contributed by atoms with van der Waals surface area (Å²) in [6.45, 7) is 7.69. The van der Waals surface area contributed by atoms with Crippen molar-refractivity contribution < 1.29 is 23.9 Å². The maximum atomic E-state index is 14.0. The molecule has 3 aliphatic heterocycles. The van der Waals surface area contributed by atoms with Gasteiger partial charge >= 0.3 is 5.97 Å². The largest absolute Gasteiger partial charge is 0.493 e. The molecular weight excluding hydrogens is 408 g/mol. The van der Waals surface area contributed by atoms with Gasteiger partial charge in [0.1, 0.15) is 11.3 Å². The molecule has 1 fully saturated rings. The molecular formula is C25H26N2O5. The first-order chi connectivity index (χ1) is 15.3. The number of hydrogen-bond acceptors (Lipinski definition) is 5. The standard InChI is InChI=1S/C25H26N2O5/c1-5-31-23(29)20-17-12-32-19-9-7-14(3)11-16(19)21(17)27-22(28)15-10-13(2)6-8-18(15)26-24(30)25(20,27)4/h6-11,17,20-21H,5,12H2,1-4H3,(H,26,30)/t17-,20-,21+,25-/m1/s1. The van der Waals surface area contributed by atoms with Gasteiger partial charge in [-0.05, 0) is 45.9 Å². The molecule has 3 heterocycles. The number of carbonyl (C=O) groups excluding carboxylic acids is 3. The zero-order valence-corrected chi connectivity index (χ0v) is 18.6. The van der Waals surface area contributed by atoms with Gasteiger partial charge < -0.3 is 19.7 Å². The first-order valence-electron chi connectivity index (χ1n) is 10.9. The van der Waals surface area contributed by atoms with Gasteiger partial charge in [-0.2, -0.15) is 0 Å². The number of amides is 2. The molecule has 0 aliphatic carbocycles. The van der Waals surface area contributed by atoms with E-state index in [0.29, 0.717) is 17.0 Å². The van der Waals surface area contributed by atoms with Gasteiger partial charge in [0.15, 0.2) is 0 Å². The van der Waals surface area contributed by atoms with Gasteiger partial charge in [0.2, 0.25) is 0 Å². The Morgan fingerprint density at radius 1 is 1.19 bits per heavy atom. The van der Waals surface area contributed by atoms with Crippen molar-refractivity contribution in [2.24, 2.45) is 11.8 Å². The number of aryl methyl sites for hydroxylation is 2. The molecule has 2 aromatic rings. The lowest BCUT2D eigenvalue weighted by molar-refractivity contribution is -0.155. The lowest BCUT2D eigenvalue weighted by Crippen LogP contribution is -2.57. The van der Waals surface area contributed by atoms with Crippen LogP contribution in [-0.4, -0.2) is 41.4 Å². The minimum absolute atomic E-state index is 0.189. The molecule has 7 nitrogen and oxygen atoms in total. The Morgan fingerprint density at radius 2 is 1.91 bits per heavy atom. The number of hydrogen-bond donors (Lipinski definition) is 1. The van der Waals surface area contributed by atoms with Gasteiger partial charge in [0.25, 0.3) is 11.8 Å². The summed E-state index contributed by atoms with van der Waals surface area (Å²) in [6, 6.07) is 10.7. The second-order valence-electron chi connectivity index (χ2n) is 9.02. The van der Waals surface area contributed by atoms with Crippen LogP contribution in [0.5, 0.6) is 5.75 Å². The average Bonchev–Trinajstić information content (AvgIpc) is 3.00. The van der Waals surface area contributed by atoms with Crippen LogP contribution < -0.4 is 10.1 Å². The second kappa shape index (κ2) is 7.08. The predicted octanol–water partition coefficient (Wildman–Crippen LogP) is 3.40. The summed E-state index contributed by atoms with van der Waals surface area (Å²) in [6.07, 6.45) is 0. The minimum Gasteiger partial charge on any atom is -0.493 e. The van der Waals surface area contributed by atoms with Crippen molar-refractivity contribution in [2.45, 2.75) is 39.3 Å². The van der Waals surface area contributed by atoms with Crippen molar-refractivity contribution in [1.82, 2.24) is 4.90 Å². The summed E-state index contributed by atoms with van der Waals surface area (Å²) in [5, 5.41) is 2.91. The van der Waals surface area contributed by atoms with Gasteiger partial charge in [0.05, 0.1) is 36.4 Å². The number of rotatable bonds is 2. The molecule has 0 radical (unpaired) electrons. The van der Waals surface area contributed by atoms with Crippen molar-refractivity contribution in [3.05, 3.63) is 58.7 Å². The van der Waals surface area contributed by atoms with E-state index in [1.807, 2.05) is 38.1 Å². The molecule has 1 saturated heterocycles. The molecule has 0 aromatic heterocycles. The number of esters is 1. The maximum Gasteiger partial charge on any atom is 0.312 e. The number of fused-ring (bicyclic) bond motifs is 6. The zero-order chi connectivity index (χ0) is 22.8. The predicted molar refractivity (Wildman–Crippen MR) is 117 cm³/mol. The van der Waals surface area contributed by atoms with Crippen LogP contribution in [0.25, 0.3) is 0 Å². The van der Waals surface area contributed by atoms with E-state index in [4.69, 9.17) is 9.47 Å². The fraction of sp³-hybridized carbons (Fsp3) is 0.400.